The summed E-state index contributed by atoms with van der Waals surface area (Å²) in [6.07, 6.45) is 0.948. The predicted octanol–water partition coefficient (Wildman–Crippen LogP) is 1.13. The molecule has 5 nitrogen and oxygen atoms in total. The molecule has 20 heavy (non-hydrogen) atoms. The highest BCUT2D eigenvalue weighted by atomic mass is 32.2. The van der Waals surface area contributed by atoms with Crippen LogP contribution in [0.3, 0.4) is 0 Å². The Hall–Kier alpha value is -0.660. The number of thioether (sulfide) groups is 2. The molecular weight excluding hydrogens is 298 g/mol. The fourth-order valence-electron chi connectivity index (χ4n) is 3.14. The number of carbonyl (C=O) groups excluding carboxylic acids is 1. The summed E-state index contributed by atoms with van der Waals surface area (Å²) in [5.74, 6) is 0.437. The molecule has 3 rings (SSSR count). The van der Waals surface area contributed by atoms with E-state index in [-0.39, 0.29) is 17.6 Å². The quantitative estimate of drug-likeness (QED) is 0.757. The van der Waals surface area contributed by atoms with E-state index in [1.54, 1.807) is 18.7 Å². The van der Waals surface area contributed by atoms with Crippen molar-refractivity contribution in [3.05, 3.63) is 10.6 Å². The van der Waals surface area contributed by atoms with Gasteiger partial charge in [0.25, 0.3) is 0 Å². The first-order chi connectivity index (χ1) is 9.50. The molecule has 3 aliphatic heterocycles. The molecule has 7 heteroatoms. The first kappa shape index (κ1) is 14.3. The van der Waals surface area contributed by atoms with E-state index in [2.05, 4.69) is 0 Å². The minimum absolute atomic E-state index is 0.152. The Labute approximate surface area is 125 Å². The normalized spacial score (nSPS) is 34.2. The van der Waals surface area contributed by atoms with E-state index in [1.165, 1.54) is 4.90 Å². The van der Waals surface area contributed by atoms with Gasteiger partial charge in [-0.05, 0) is 19.1 Å². The third-order valence-corrected chi connectivity index (χ3v) is 6.84. The minimum Gasteiger partial charge on any atom is -0.477 e. The monoisotopic (exact) mass is 315 g/mol. The van der Waals surface area contributed by atoms with Crippen molar-refractivity contribution in [2.45, 2.75) is 37.2 Å². The van der Waals surface area contributed by atoms with Crippen LogP contribution in [0.25, 0.3) is 0 Å². The topological polar surface area (TPSA) is 77.8 Å². The van der Waals surface area contributed by atoms with Gasteiger partial charge in [0.1, 0.15) is 5.70 Å². The van der Waals surface area contributed by atoms with Crippen molar-refractivity contribution >= 4 is 35.4 Å². The number of aliphatic hydroxyl groups is 1. The van der Waals surface area contributed by atoms with Crippen molar-refractivity contribution < 1.29 is 19.8 Å². The Morgan fingerprint density at radius 2 is 2.30 bits per heavy atom. The van der Waals surface area contributed by atoms with E-state index in [0.29, 0.717) is 11.7 Å². The summed E-state index contributed by atoms with van der Waals surface area (Å²) in [6, 6.07) is -0.162. The van der Waals surface area contributed by atoms with Crippen LogP contribution in [0.1, 0.15) is 19.8 Å². The van der Waals surface area contributed by atoms with Crippen LogP contribution in [0.4, 0.5) is 0 Å². The molecule has 0 saturated carbocycles. The van der Waals surface area contributed by atoms with Gasteiger partial charge in [0.05, 0.1) is 18.1 Å². The van der Waals surface area contributed by atoms with Crippen LogP contribution < -0.4 is 0 Å². The zero-order valence-corrected chi connectivity index (χ0v) is 12.7. The number of carbonyl (C=O) groups is 2. The Morgan fingerprint density at radius 1 is 1.55 bits per heavy atom. The molecule has 2 unspecified atom stereocenters. The van der Waals surface area contributed by atoms with Crippen LogP contribution in [0.2, 0.25) is 0 Å². The van der Waals surface area contributed by atoms with Gasteiger partial charge >= 0.3 is 5.97 Å². The molecule has 0 aromatic rings. The number of aliphatic carboxylic acids is 1. The van der Waals surface area contributed by atoms with Crippen molar-refractivity contribution in [2.24, 2.45) is 5.92 Å². The van der Waals surface area contributed by atoms with Crippen LogP contribution >= 0.6 is 23.5 Å². The van der Waals surface area contributed by atoms with Crippen molar-refractivity contribution in [3.63, 3.8) is 0 Å². The molecule has 2 N–H and O–H groups in total. The van der Waals surface area contributed by atoms with Crippen molar-refractivity contribution in [1.82, 2.24) is 4.90 Å². The van der Waals surface area contributed by atoms with Gasteiger partial charge in [-0.3, -0.25) is 4.79 Å². The lowest BCUT2D eigenvalue weighted by molar-refractivity contribution is -0.161. The van der Waals surface area contributed by atoms with E-state index in [9.17, 15) is 19.8 Å². The van der Waals surface area contributed by atoms with Crippen LogP contribution in [0.15, 0.2) is 10.6 Å². The van der Waals surface area contributed by atoms with Crippen LogP contribution in [0.5, 0.6) is 0 Å². The number of aliphatic hydroxyl groups excluding tert-OH is 1. The molecular formula is C13H17NO4S2. The minimum atomic E-state index is -1.03. The Bertz CT molecular complexity index is 485. The molecule has 0 radical (unpaired) electrons. The third-order valence-electron chi connectivity index (χ3n) is 4.09. The van der Waals surface area contributed by atoms with Gasteiger partial charge in [0, 0.05) is 22.3 Å². The van der Waals surface area contributed by atoms with E-state index in [1.807, 2.05) is 11.8 Å². The molecule has 1 amide bonds. The predicted molar refractivity (Wildman–Crippen MR) is 78.4 cm³/mol. The van der Waals surface area contributed by atoms with Gasteiger partial charge < -0.3 is 15.1 Å². The maximum atomic E-state index is 12.0. The highest BCUT2D eigenvalue weighted by Gasteiger charge is 2.56. The number of nitrogens with zero attached hydrogens (tertiary/aromatic N) is 1. The lowest BCUT2D eigenvalue weighted by Crippen LogP contribution is -2.61. The SMILES string of the molecule is CC(O)[C@H]1C(=O)N2C(C(=O)O)=C(SC3CCSC3)C[C@H]12. The number of amides is 1. The number of carboxylic acid groups (broad SMARTS) is 1. The van der Waals surface area contributed by atoms with E-state index in [4.69, 9.17) is 0 Å². The molecule has 0 aromatic carbocycles. The highest BCUT2D eigenvalue weighted by molar-refractivity contribution is 8.06. The highest BCUT2D eigenvalue weighted by Crippen LogP contribution is 2.49. The largest absolute Gasteiger partial charge is 0.477 e. The zero-order chi connectivity index (χ0) is 14.4. The molecule has 2 saturated heterocycles. The summed E-state index contributed by atoms with van der Waals surface area (Å²) in [7, 11) is 0. The van der Waals surface area contributed by atoms with Crippen LogP contribution in [-0.2, 0) is 9.59 Å². The maximum absolute atomic E-state index is 12.0. The first-order valence-electron chi connectivity index (χ1n) is 6.72. The summed E-state index contributed by atoms with van der Waals surface area (Å²) in [6.45, 7) is 1.60. The Kier molecular flexibility index (Phi) is 3.77. The summed E-state index contributed by atoms with van der Waals surface area (Å²) in [4.78, 5) is 25.7. The van der Waals surface area contributed by atoms with Gasteiger partial charge in [-0.15, -0.1) is 11.8 Å². The average molecular weight is 315 g/mol. The molecule has 2 fully saturated rings. The van der Waals surface area contributed by atoms with E-state index >= 15 is 0 Å². The summed E-state index contributed by atoms with van der Waals surface area (Å²) in [5.41, 5.74) is 0.152. The fraction of sp³-hybridized carbons (Fsp3) is 0.692. The second kappa shape index (κ2) is 5.27. The van der Waals surface area contributed by atoms with Crippen molar-refractivity contribution in [3.8, 4) is 0 Å². The molecule has 0 aliphatic carbocycles. The second-order valence-electron chi connectivity index (χ2n) is 5.43. The van der Waals surface area contributed by atoms with Crippen molar-refractivity contribution in [1.29, 1.82) is 0 Å². The molecule has 0 aromatic heterocycles. The number of rotatable bonds is 4. The number of β-lactam (4-membered cyclic amide) rings is 1. The number of fused-ring (bicyclic) bond motifs is 1. The maximum Gasteiger partial charge on any atom is 0.353 e. The van der Waals surface area contributed by atoms with Gasteiger partial charge in [-0.2, -0.15) is 11.8 Å². The molecule has 3 heterocycles. The fourth-order valence-corrected chi connectivity index (χ4v) is 6.10. The van der Waals surface area contributed by atoms with Crippen molar-refractivity contribution in [2.75, 3.05) is 11.5 Å². The number of carboxylic acids is 1. The molecule has 4 atom stereocenters. The van der Waals surface area contributed by atoms with E-state index in [0.717, 1.165) is 22.8 Å². The molecule has 3 aliphatic rings. The molecule has 110 valence electrons. The first-order valence-corrected chi connectivity index (χ1v) is 8.76. The average Bonchev–Trinajstić information content (AvgIpc) is 2.95. The van der Waals surface area contributed by atoms with Gasteiger partial charge in [-0.1, -0.05) is 0 Å². The van der Waals surface area contributed by atoms with E-state index < -0.39 is 18.0 Å². The van der Waals surface area contributed by atoms with Gasteiger partial charge in [0.2, 0.25) is 5.91 Å². The summed E-state index contributed by atoms with van der Waals surface area (Å²) >= 11 is 3.50. The van der Waals surface area contributed by atoms with Crippen LogP contribution in [0, 0.1) is 5.92 Å². The Morgan fingerprint density at radius 3 is 2.85 bits per heavy atom. The number of hydrogen-bond acceptors (Lipinski definition) is 5. The van der Waals surface area contributed by atoms with Gasteiger partial charge in [0.15, 0.2) is 0 Å². The lowest BCUT2D eigenvalue weighted by atomic mass is 9.83. The lowest BCUT2D eigenvalue weighted by Gasteiger charge is -2.44. The molecule has 0 spiro atoms. The van der Waals surface area contributed by atoms with Crippen LogP contribution in [-0.4, -0.2) is 55.9 Å². The standard InChI is InChI=1S/C13H17NO4S2/c1-6(15)10-8-4-9(20-7-2-3-19-5-7)11(13(17)18)14(8)12(10)16/h6-8,10,15H,2-5H2,1H3,(H,17,18)/t6?,7?,8-,10-/m1/s1. The second-order valence-corrected chi connectivity index (χ2v) is 7.97. The summed E-state index contributed by atoms with van der Waals surface area (Å²) in [5, 5.41) is 19.5. The van der Waals surface area contributed by atoms with Gasteiger partial charge in [-0.25, -0.2) is 4.79 Å². The third kappa shape index (κ3) is 2.16. The summed E-state index contributed by atoms with van der Waals surface area (Å²) < 4.78 is 0. The zero-order valence-electron chi connectivity index (χ0n) is 11.1. The number of hydrogen-bond donors (Lipinski definition) is 2. The Balaban J connectivity index is 1.81. The smallest absolute Gasteiger partial charge is 0.353 e. The molecule has 0 bridgehead atoms.